The van der Waals surface area contributed by atoms with Gasteiger partial charge >= 0.3 is 27.7 Å². The second kappa shape index (κ2) is 6.91. The van der Waals surface area contributed by atoms with Gasteiger partial charge in [0.25, 0.3) is 0 Å². The van der Waals surface area contributed by atoms with Crippen LogP contribution in [0.25, 0.3) is 0 Å². The molecule has 4 saturated heterocycles. The van der Waals surface area contributed by atoms with Gasteiger partial charge in [-0.2, -0.15) is 4.31 Å². The molecule has 1 N–H and O–H groups in total. The van der Waals surface area contributed by atoms with E-state index < -0.39 is 16.1 Å². The zero-order valence-corrected chi connectivity index (χ0v) is 20.3. The first-order chi connectivity index (χ1) is 9.57. The minimum absolute atomic E-state index is 0. The fraction of sp³-hybridized carbons (Fsp3) is 0.500. The number of ether oxygens (including phenoxy) is 1. The monoisotopic (exact) mass is 623 g/mol. The minimum atomic E-state index is -3.57. The van der Waals surface area contributed by atoms with Gasteiger partial charge in [0.1, 0.15) is 0 Å². The summed E-state index contributed by atoms with van der Waals surface area (Å²) in [5.41, 5.74) is 0. The van der Waals surface area contributed by atoms with Gasteiger partial charge in [-0.05, 0) is 25.0 Å². The number of nitrogens with zero attached hydrogens (tertiary/aromatic N) is 1. The van der Waals surface area contributed by atoms with Gasteiger partial charge in [-0.1, -0.05) is 18.2 Å². The molecule has 116 valence electrons. The van der Waals surface area contributed by atoms with Crippen molar-refractivity contribution in [2.24, 2.45) is 0 Å². The van der Waals surface area contributed by atoms with Crippen molar-refractivity contribution in [3.8, 4) is 0 Å². The summed E-state index contributed by atoms with van der Waals surface area (Å²) in [6, 6.07) is 7.90. The summed E-state index contributed by atoms with van der Waals surface area (Å²) in [6.45, 7) is 0. The molecule has 0 unspecified atom stereocenters. The number of aliphatic hydroxyl groups excluding tert-OH is 1. The third-order valence-corrected chi connectivity index (χ3v) is 6.45. The van der Waals surface area contributed by atoms with E-state index in [1.807, 2.05) is 6.42 Å². The molecule has 4 fully saturated rings. The van der Waals surface area contributed by atoms with E-state index in [1.165, 1.54) is 4.31 Å². The Morgan fingerprint density at radius 2 is 1.86 bits per heavy atom. The van der Waals surface area contributed by atoms with Crippen LogP contribution < -0.4 is 24.0 Å². The van der Waals surface area contributed by atoms with Crippen LogP contribution >= 0.6 is 0 Å². The molecular weight excluding hydrogens is 606 g/mol. The molecule has 5 nitrogen and oxygen atoms in total. The van der Waals surface area contributed by atoms with Crippen molar-refractivity contribution < 1.29 is 69.9 Å². The molecule has 2 radical (unpaired) electrons. The predicted molar refractivity (Wildman–Crippen MR) is 71.2 cm³/mol. The van der Waals surface area contributed by atoms with E-state index in [-0.39, 0.29) is 80.8 Å². The fourth-order valence-electron chi connectivity index (χ4n) is 3.63. The second-order valence-corrected chi connectivity index (χ2v) is 7.49. The molecule has 0 aromatic heterocycles. The van der Waals surface area contributed by atoms with Crippen molar-refractivity contribution in [1.82, 2.24) is 4.31 Å². The maximum atomic E-state index is 12.8. The van der Waals surface area contributed by atoms with Crippen LogP contribution in [-0.4, -0.2) is 48.2 Å². The molecule has 8 heteroatoms. The third-order valence-electron chi connectivity index (χ3n) is 4.48. The zero-order valence-electron chi connectivity index (χ0n) is 11.9. The first-order valence-electron chi connectivity index (χ1n) is 6.84. The van der Waals surface area contributed by atoms with E-state index in [2.05, 4.69) is 0 Å². The van der Waals surface area contributed by atoms with Gasteiger partial charge in [-0.3, -0.25) is 0 Å². The van der Waals surface area contributed by atoms with Gasteiger partial charge in [0.15, 0.2) is 0 Å². The number of hydrogen-bond acceptors (Lipinski definition) is 4. The van der Waals surface area contributed by atoms with Crippen molar-refractivity contribution >= 4 is 10.0 Å². The molecule has 5 rings (SSSR count). The van der Waals surface area contributed by atoms with Crippen LogP contribution in [0, 0.1) is 6.42 Å². The van der Waals surface area contributed by atoms with Gasteiger partial charge in [0.05, 0.1) is 29.2 Å². The molecule has 4 aliphatic heterocycles. The van der Waals surface area contributed by atoms with E-state index in [0.29, 0.717) is 12.8 Å². The number of hydrogen-bond donors (Lipinski definition) is 1. The number of piperidine rings is 2. The number of benzene rings is 1. The molecule has 0 spiro atoms. The molecule has 22 heavy (non-hydrogen) atoms. The molecule has 1 aromatic carbocycles. The Morgan fingerprint density at radius 3 is 2.55 bits per heavy atom. The summed E-state index contributed by atoms with van der Waals surface area (Å²) in [5.74, 6) is 0. The average molecular weight is 622 g/mol. The number of aliphatic hydroxyl groups is 1. The van der Waals surface area contributed by atoms with E-state index >= 15 is 0 Å². The van der Waals surface area contributed by atoms with Gasteiger partial charge in [-0.15, -0.1) is 0 Å². The third kappa shape index (κ3) is 2.90. The maximum absolute atomic E-state index is 12.8. The van der Waals surface area contributed by atoms with Crippen molar-refractivity contribution in [2.45, 2.75) is 48.1 Å². The summed E-state index contributed by atoms with van der Waals surface area (Å²) in [7, 11) is -3.57. The normalized spacial score (nSPS) is 36.5. The Hall–Kier alpha value is 0.715. The maximum Gasteiger partial charge on any atom is 1.00 e. The van der Waals surface area contributed by atoms with Crippen LogP contribution in [0.1, 0.15) is 12.8 Å². The molecule has 0 aliphatic carbocycles. The van der Waals surface area contributed by atoms with Crippen LogP contribution in [0.2, 0.25) is 0 Å². The Bertz CT molecular complexity index is 629. The summed E-state index contributed by atoms with van der Waals surface area (Å²) in [6.07, 6.45) is 2.07. The zero-order chi connectivity index (χ0) is 13.9. The topological polar surface area (TPSA) is 66.8 Å². The van der Waals surface area contributed by atoms with Gasteiger partial charge in [0, 0.05) is 12.5 Å². The van der Waals surface area contributed by atoms with Crippen molar-refractivity contribution in [2.75, 3.05) is 0 Å². The first kappa shape index (κ1) is 19.0. The predicted octanol–water partition coefficient (Wildman–Crippen LogP) is -2.44. The van der Waals surface area contributed by atoms with E-state index in [0.717, 1.165) is 0 Å². The summed E-state index contributed by atoms with van der Waals surface area (Å²) >= 11 is 0. The summed E-state index contributed by atoms with van der Waals surface area (Å²) in [4.78, 5) is 0.286. The SMILES string of the molecule is O=S(=O)(c1ccccc1)N1[C@@H]2[CH][C@@H]3C[C@H]1[C@H](O)[C@H](C2)O3.[Hg+].[I-]. The van der Waals surface area contributed by atoms with E-state index in [9.17, 15) is 13.5 Å². The molecule has 0 amide bonds. The quantitative estimate of drug-likeness (QED) is 0.295. The Kier molecular flexibility index (Phi) is 5.98. The largest absolute Gasteiger partial charge is 1.00 e. The molecule has 1 aromatic rings. The van der Waals surface area contributed by atoms with Crippen LogP contribution in [0.5, 0.6) is 0 Å². The van der Waals surface area contributed by atoms with Crippen LogP contribution in [-0.2, 0) is 42.4 Å². The summed E-state index contributed by atoms with van der Waals surface area (Å²) in [5, 5.41) is 10.3. The molecule has 0 saturated carbocycles. The van der Waals surface area contributed by atoms with Gasteiger partial charge < -0.3 is 33.8 Å². The summed E-state index contributed by atoms with van der Waals surface area (Å²) < 4.78 is 32.8. The van der Waals surface area contributed by atoms with Crippen LogP contribution in [0.3, 0.4) is 0 Å². The molecule has 4 aliphatic rings. The second-order valence-electron chi connectivity index (χ2n) is 5.65. The van der Waals surface area contributed by atoms with E-state index in [4.69, 9.17) is 4.74 Å². The van der Waals surface area contributed by atoms with Gasteiger partial charge in [0.2, 0.25) is 10.0 Å². The van der Waals surface area contributed by atoms with Crippen molar-refractivity contribution in [1.29, 1.82) is 0 Å². The minimum Gasteiger partial charge on any atom is -1.00 e. The van der Waals surface area contributed by atoms with Crippen LogP contribution in [0.15, 0.2) is 35.2 Å². The molecule has 4 bridgehead atoms. The number of rotatable bonds is 2. The smallest absolute Gasteiger partial charge is 1.00 e. The fourth-order valence-corrected chi connectivity index (χ4v) is 5.45. The van der Waals surface area contributed by atoms with E-state index in [1.54, 1.807) is 30.3 Å². The Balaban J connectivity index is 0.000000882. The first-order valence-corrected chi connectivity index (χ1v) is 8.28. The molecular formula is C14H16HgINO4S. The Labute approximate surface area is 168 Å². The standard InChI is InChI=1S/C14H16NO4S.Hg.HI/c16-14-12-8-10-6-9(7-13(14)19-10)15(12)20(17,18)11-4-2-1-3-5-11;;/h1-6,9-10,12-14,16H,7-8H2;;1H/q;+1;/p-1/t9-,10-,12+,13+,14+;;/m1../s1. The average Bonchev–Trinajstić information content (AvgIpc) is 2.44. The Morgan fingerprint density at radius 1 is 1.18 bits per heavy atom. The number of halogens is 1. The molecule has 4 heterocycles. The van der Waals surface area contributed by atoms with Gasteiger partial charge in [-0.25, -0.2) is 8.42 Å². The van der Waals surface area contributed by atoms with Crippen molar-refractivity contribution in [3.05, 3.63) is 36.8 Å². The van der Waals surface area contributed by atoms with Crippen molar-refractivity contribution in [3.63, 3.8) is 0 Å². The number of sulfonamides is 1. The van der Waals surface area contributed by atoms with Crippen LogP contribution in [0.4, 0.5) is 0 Å². The molecule has 5 atom stereocenters.